The molecule has 5 nitrogen and oxygen atoms in total. The molecule has 0 spiro atoms. The van der Waals surface area contributed by atoms with Crippen molar-refractivity contribution in [3.05, 3.63) is 35.9 Å². The molecule has 1 N–H and O–H groups in total. The highest BCUT2D eigenvalue weighted by atomic mass is 16.2. The highest BCUT2D eigenvalue weighted by Crippen LogP contribution is 2.32. The monoisotopic (exact) mass is 411 g/mol. The van der Waals surface area contributed by atoms with Gasteiger partial charge in [0.2, 0.25) is 11.8 Å². The number of carbonyl (C=O) groups excluding carboxylic acids is 2. The Morgan fingerprint density at radius 3 is 2.13 bits per heavy atom. The quantitative estimate of drug-likeness (QED) is 0.776. The lowest BCUT2D eigenvalue weighted by atomic mass is 9.94. The summed E-state index contributed by atoms with van der Waals surface area (Å²) in [6, 6.07) is 10.1. The molecule has 2 saturated carbocycles. The summed E-state index contributed by atoms with van der Waals surface area (Å²) in [7, 11) is 0. The van der Waals surface area contributed by atoms with Gasteiger partial charge in [-0.05, 0) is 44.1 Å². The Labute approximate surface area is 181 Å². The molecule has 0 bridgehead atoms. The molecule has 2 aliphatic carbocycles. The van der Waals surface area contributed by atoms with Gasteiger partial charge in [-0.3, -0.25) is 14.5 Å². The van der Waals surface area contributed by atoms with Crippen molar-refractivity contribution in [3.8, 4) is 0 Å². The maximum Gasteiger partial charge on any atom is 0.238 e. The summed E-state index contributed by atoms with van der Waals surface area (Å²) in [6.07, 6.45) is 9.23. The lowest BCUT2D eigenvalue weighted by molar-refractivity contribution is -0.138. The lowest BCUT2D eigenvalue weighted by Crippen LogP contribution is -2.58. The van der Waals surface area contributed by atoms with Crippen LogP contribution in [0.25, 0.3) is 0 Å². The standard InChI is InChI=1S/C25H37N3O2/c1-19(20-9-3-2-4-10-20)26-24(29)23(21-11-5-6-12-21)27-15-17-28(18-16-27)25(30)22-13-7-8-14-22/h2-4,9-10,19,21-23H,5-8,11-18H2,1H3,(H,26,29). The van der Waals surface area contributed by atoms with Crippen LogP contribution in [0.15, 0.2) is 30.3 Å². The minimum absolute atomic E-state index is 0.00726. The SMILES string of the molecule is CC(NC(=O)C(C1CCCC1)N1CCN(C(=O)C2CCCC2)CC1)c1ccccc1. The minimum atomic E-state index is -0.0672. The molecule has 1 aromatic rings. The summed E-state index contributed by atoms with van der Waals surface area (Å²) in [4.78, 5) is 30.6. The van der Waals surface area contributed by atoms with Crippen LogP contribution in [0, 0.1) is 11.8 Å². The highest BCUT2D eigenvalue weighted by Gasteiger charge is 2.38. The second-order valence-electron chi connectivity index (χ2n) is 9.47. The van der Waals surface area contributed by atoms with Gasteiger partial charge < -0.3 is 10.2 Å². The summed E-state index contributed by atoms with van der Waals surface area (Å²) in [5.74, 6) is 1.20. The zero-order valence-corrected chi connectivity index (χ0v) is 18.4. The number of hydrogen-bond donors (Lipinski definition) is 1. The molecule has 2 unspecified atom stereocenters. The topological polar surface area (TPSA) is 52.7 Å². The van der Waals surface area contributed by atoms with Crippen LogP contribution in [0.1, 0.15) is 69.9 Å². The zero-order valence-electron chi connectivity index (χ0n) is 18.4. The minimum Gasteiger partial charge on any atom is -0.348 e. The third-order valence-electron chi connectivity index (χ3n) is 7.50. The van der Waals surface area contributed by atoms with Gasteiger partial charge >= 0.3 is 0 Å². The number of hydrogen-bond acceptors (Lipinski definition) is 3. The molecule has 4 rings (SSSR count). The fraction of sp³-hybridized carbons (Fsp3) is 0.680. The number of carbonyl (C=O) groups is 2. The van der Waals surface area contributed by atoms with E-state index in [1.54, 1.807) is 0 Å². The summed E-state index contributed by atoms with van der Waals surface area (Å²) in [5, 5.41) is 3.29. The number of rotatable bonds is 6. The third-order valence-corrected chi connectivity index (χ3v) is 7.50. The molecule has 30 heavy (non-hydrogen) atoms. The zero-order chi connectivity index (χ0) is 20.9. The molecule has 3 fully saturated rings. The molecule has 1 heterocycles. The number of piperazine rings is 1. The predicted molar refractivity (Wildman–Crippen MR) is 119 cm³/mol. The van der Waals surface area contributed by atoms with Gasteiger partial charge in [-0.15, -0.1) is 0 Å². The van der Waals surface area contributed by atoms with Crippen molar-refractivity contribution < 1.29 is 9.59 Å². The third kappa shape index (κ3) is 4.88. The van der Waals surface area contributed by atoms with Crippen LogP contribution in [0.4, 0.5) is 0 Å². The van der Waals surface area contributed by atoms with Crippen LogP contribution in [0.2, 0.25) is 0 Å². The second-order valence-corrected chi connectivity index (χ2v) is 9.47. The Kier molecular flexibility index (Phi) is 7.08. The van der Waals surface area contributed by atoms with Gasteiger partial charge in [0.1, 0.15) is 0 Å². The van der Waals surface area contributed by atoms with Crippen LogP contribution in [-0.4, -0.2) is 53.8 Å². The van der Waals surface area contributed by atoms with Gasteiger partial charge in [-0.2, -0.15) is 0 Å². The van der Waals surface area contributed by atoms with E-state index in [1.165, 1.54) is 25.7 Å². The first-order valence-corrected chi connectivity index (χ1v) is 12.0. The average Bonchev–Trinajstić information content (AvgIpc) is 3.49. The van der Waals surface area contributed by atoms with Gasteiger partial charge in [0.05, 0.1) is 12.1 Å². The molecular formula is C25H37N3O2. The number of nitrogens with one attached hydrogen (secondary N) is 1. The van der Waals surface area contributed by atoms with E-state index in [0.717, 1.165) is 57.4 Å². The van der Waals surface area contributed by atoms with Crippen LogP contribution in [-0.2, 0) is 9.59 Å². The molecule has 2 atom stereocenters. The fourth-order valence-corrected chi connectivity index (χ4v) is 5.73. The second kappa shape index (κ2) is 9.95. The van der Waals surface area contributed by atoms with E-state index in [4.69, 9.17) is 0 Å². The molecule has 0 aromatic heterocycles. The fourth-order valence-electron chi connectivity index (χ4n) is 5.73. The van der Waals surface area contributed by atoms with Crippen molar-refractivity contribution in [2.24, 2.45) is 11.8 Å². The van der Waals surface area contributed by atoms with E-state index in [9.17, 15) is 9.59 Å². The maximum atomic E-state index is 13.4. The Morgan fingerprint density at radius 2 is 1.50 bits per heavy atom. The smallest absolute Gasteiger partial charge is 0.238 e. The van der Waals surface area contributed by atoms with Gasteiger partial charge in [0.15, 0.2) is 0 Å². The molecule has 1 aliphatic heterocycles. The van der Waals surface area contributed by atoms with Gasteiger partial charge in [0, 0.05) is 32.1 Å². The van der Waals surface area contributed by atoms with Crippen molar-refractivity contribution in [1.29, 1.82) is 0 Å². The molecule has 1 saturated heterocycles. The molecule has 0 radical (unpaired) electrons. The molecule has 3 aliphatic rings. The van der Waals surface area contributed by atoms with E-state index in [-0.39, 0.29) is 23.9 Å². The van der Waals surface area contributed by atoms with Gasteiger partial charge in [-0.1, -0.05) is 56.0 Å². The van der Waals surface area contributed by atoms with Gasteiger partial charge in [0.25, 0.3) is 0 Å². The van der Waals surface area contributed by atoms with E-state index >= 15 is 0 Å². The lowest BCUT2D eigenvalue weighted by Gasteiger charge is -2.41. The van der Waals surface area contributed by atoms with Crippen molar-refractivity contribution in [1.82, 2.24) is 15.1 Å². The first-order chi connectivity index (χ1) is 14.6. The molecule has 2 amide bonds. The van der Waals surface area contributed by atoms with Crippen LogP contribution >= 0.6 is 0 Å². The Hall–Kier alpha value is -1.88. The van der Waals surface area contributed by atoms with E-state index in [1.807, 2.05) is 18.2 Å². The van der Waals surface area contributed by atoms with E-state index in [0.29, 0.717) is 11.8 Å². The number of benzene rings is 1. The first-order valence-electron chi connectivity index (χ1n) is 12.0. The Morgan fingerprint density at radius 1 is 0.900 bits per heavy atom. The summed E-state index contributed by atoms with van der Waals surface area (Å²) >= 11 is 0. The first kappa shape index (κ1) is 21.4. The Balaban J connectivity index is 1.39. The van der Waals surface area contributed by atoms with E-state index in [2.05, 4.69) is 34.2 Å². The molecule has 5 heteroatoms. The van der Waals surface area contributed by atoms with Crippen LogP contribution in [0.5, 0.6) is 0 Å². The van der Waals surface area contributed by atoms with Crippen molar-refractivity contribution in [2.45, 2.75) is 70.4 Å². The van der Waals surface area contributed by atoms with Crippen molar-refractivity contribution in [2.75, 3.05) is 26.2 Å². The normalized spacial score (nSPS) is 23.4. The summed E-state index contributed by atoms with van der Waals surface area (Å²) < 4.78 is 0. The van der Waals surface area contributed by atoms with Crippen LogP contribution < -0.4 is 5.32 Å². The number of nitrogens with zero attached hydrogens (tertiary/aromatic N) is 2. The largest absolute Gasteiger partial charge is 0.348 e. The molecule has 164 valence electrons. The van der Waals surface area contributed by atoms with Gasteiger partial charge in [-0.25, -0.2) is 0 Å². The molecular weight excluding hydrogens is 374 g/mol. The molecule has 1 aromatic carbocycles. The van der Waals surface area contributed by atoms with E-state index < -0.39 is 0 Å². The highest BCUT2D eigenvalue weighted by molar-refractivity contribution is 5.83. The maximum absolute atomic E-state index is 13.4. The average molecular weight is 412 g/mol. The number of amides is 2. The predicted octanol–water partition coefficient (Wildman–Crippen LogP) is 3.76. The van der Waals surface area contributed by atoms with Crippen LogP contribution in [0.3, 0.4) is 0 Å². The van der Waals surface area contributed by atoms with Crippen molar-refractivity contribution in [3.63, 3.8) is 0 Å². The summed E-state index contributed by atoms with van der Waals surface area (Å²) in [6.45, 7) is 5.22. The van der Waals surface area contributed by atoms with Crippen molar-refractivity contribution >= 4 is 11.8 Å². The Bertz CT molecular complexity index is 702. The summed E-state index contributed by atoms with van der Waals surface area (Å²) in [5.41, 5.74) is 1.14.